The molecule has 2 heterocycles. The fraction of sp³-hybridized carbons (Fsp3) is 0.188. The van der Waals surface area contributed by atoms with Crippen molar-refractivity contribution in [3.63, 3.8) is 0 Å². The van der Waals surface area contributed by atoms with Crippen LogP contribution in [0.4, 0.5) is 11.4 Å². The molecule has 184 valence electrons. The lowest BCUT2D eigenvalue weighted by Gasteiger charge is -2.26. The van der Waals surface area contributed by atoms with Crippen molar-refractivity contribution < 1.29 is 9.59 Å². The Kier molecular flexibility index (Phi) is 6.29. The van der Waals surface area contributed by atoms with Gasteiger partial charge in [-0.05, 0) is 60.3 Å². The van der Waals surface area contributed by atoms with Gasteiger partial charge >= 0.3 is 0 Å². The van der Waals surface area contributed by atoms with Crippen molar-refractivity contribution in [2.45, 2.75) is 32.0 Å². The Balaban J connectivity index is 1.21. The Morgan fingerprint density at radius 2 is 1.57 bits per heavy atom. The highest BCUT2D eigenvalue weighted by Crippen LogP contribution is 2.33. The number of rotatable bonds is 5. The van der Waals surface area contributed by atoms with Crippen LogP contribution >= 0.6 is 0 Å². The standard InChI is InChI=1S/C32H29N3O2/c36-31(33-28-13-6-5-12-27(28)24-9-2-1-3-10-24)25-18-16-23(17-19-25)21-35-29-14-7-4-11-26(29)22-34-20-8-15-30(34)32(35)37/h1-7,9-14,16-19,30H,8,15,20-22H2,(H,33,36)/t30-/m0/s1. The number of amides is 2. The van der Waals surface area contributed by atoms with E-state index in [-0.39, 0.29) is 17.9 Å². The molecule has 0 radical (unpaired) electrons. The summed E-state index contributed by atoms with van der Waals surface area (Å²) in [4.78, 5) is 30.9. The first-order chi connectivity index (χ1) is 18.2. The summed E-state index contributed by atoms with van der Waals surface area (Å²) in [7, 11) is 0. The van der Waals surface area contributed by atoms with Crippen molar-refractivity contribution >= 4 is 23.2 Å². The predicted octanol–water partition coefficient (Wildman–Crippen LogP) is 6.12. The highest BCUT2D eigenvalue weighted by molar-refractivity contribution is 6.06. The molecule has 2 aliphatic heterocycles. The van der Waals surface area contributed by atoms with Gasteiger partial charge in [-0.25, -0.2) is 0 Å². The Bertz CT molecular complexity index is 1430. The summed E-state index contributed by atoms with van der Waals surface area (Å²) in [5, 5.41) is 3.07. The predicted molar refractivity (Wildman–Crippen MR) is 147 cm³/mol. The summed E-state index contributed by atoms with van der Waals surface area (Å²) in [6, 6.07) is 33.6. The molecular formula is C32H29N3O2. The number of carbonyl (C=O) groups excluding carboxylic acids is 2. The van der Waals surface area contributed by atoms with Crippen molar-refractivity contribution in [3.8, 4) is 11.1 Å². The third-order valence-corrected chi connectivity index (χ3v) is 7.39. The highest BCUT2D eigenvalue weighted by atomic mass is 16.2. The van der Waals surface area contributed by atoms with Crippen LogP contribution in [0.2, 0.25) is 0 Å². The molecule has 1 fully saturated rings. The zero-order chi connectivity index (χ0) is 25.2. The van der Waals surface area contributed by atoms with Crippen molar-refractivity contribution in [2.75, 3.05) is 16.8 Å². The lowest BCUT2D eigenvalue weighted by atomic mass is 10.0. The van der Waals surface area contributed by atoms with Gasteiger partial charge in [0, 0.05) is 29.0 Å². The molecule has 4 aromatic rings. The van der Waals surface area contributed by atoms with Crippen molar-refractivity contribution in [3.05, 3.63) is 120 Å². The fourth-order valence-electron chi connectivity index (χ4n) is 5.48. The molecule has 0 aliphatic carbocycles. The number of nitrogens with one attached hydrogen (secondary N) is 1. The minimum atomic E-state index is -0.160. The number of benzene rings is 4. The van der Waals surface area contributed by atoms with Gasteiger partial charge in [0.15, 0.2) is 0 Å². The van der Waals surface area contributed by atoms with Gasteiger partial charge in [-0.1, -0.05) is 78.9 Å². The molecule has 5 heteroatoms. The van der Waals surface area contributed by atoms with Crippen LogP contribution < -0.4 is 10.2 Å². The number of hydrogen-bond acceptors (Lipinski definition) is 3. The molecule has 1 atom stereocenters. The summed E-state index contributed by atoms with van der Waals surface area (Å²) in [5.74, 6) is 0.00881. The molecule has 2 aliphatic rings. The molecule has 0 spiro atoms. The lowest BCUT2D eigenvalue weighted by Crippen LogP contribution is -2.42. The minimum absolute atomic E-state index is 0.0536. The maximum Gasteiger partial charge on any atom is 0.255 e. The van der Waals surface area contributed by atoms with Crippen LogP contribution in [0.3, 0.4) is 0 Å². The summed E-state index contributed by atoms with van der Waals surface area (Å²) < 4.78 is 0. The van der Waals surface area contributed by atoms with Gasteiger partial charge < -0.3 is 10.2 Å². The fourth-order valence-corrected chi connectivity index (χ4v) is 5.48. The molecule has 0 unspecified atom stereocenters. The second kappa shape index (κ2) is 10.0. The average Bonchev–Trinajstić information content (AvgIpc) is 3.37. The highest BCUT2D eigenvalue weighted by Gasteiger charge is 2.37. The van der Waals surface area contributed by atoms with Gasteiger partial charge in [0.2, 0.25) is 5.91 Å². The summed E-state index contributed by atoms with van der Waals surface area (Å²) in [6.07, 6.45) is 1.97. The van der Waals surface area contributed by atoms with Gasteiger partial charge in [0.05, 0.1) is 12.6 Å². The maximum absolute atomic E-state index is 13.5. The first-order valence-electron chi connectivity index (χ1n) is 12.9. The maximum atomic E-state index is 13.5. The topological polar surface area (TPSA) is 52.7 Å². The molecule has 37 heavy (non-hydrogen) atoms. The van der Waals surface area contributed by atoms with Crippen LogP contribution in [0.5, 0.6) is 0 Å². The van der Waals surface area contributed by atoms with Crippen LogP contribution in [0.1, 0.15) is 34.3 Å². The van der Waals surface area contributed by atoms with Crippen molar-refractivity contribution in [1.29, 1.82) is 0 Å². The van der Waals surface area contributed by atoms with E-state index >= 15 is 0 Å². The van der Waals surface area contributed by atoms with Crippen LogP contribution in [-0.2, 0) is 17.9 Å². The molecule has 5 nitrogen and oxygen atoms in total. The monoisotopic (exact) mass is 487 g/mol. The molecule has 1 N–H and O–H groups in total. The number of anilines is 2. The SMILES string of the molecule is O=C(Nc1ccccc1-c1ccccc1)c1ccc(CN2C(=O)[C@@H]3CCCN3Cc3ccccc32)cc1. The van der Waals surface area contributed by atoms with Crippen LogP contribution in [0, 0.1) is 0 Å². The van der Waals surface area contributed by atoms with Crippen LogP contribution in [0.25, 0.3) is 11.1 Å². The van der Waals surface area contributed by atoms with Crippen molar-refractivity contribution in [2.24, 2.45) is 0 Å². The van der Waals surface area contributed by atoms with E-state index in [4.69, 9.17) is 0 Å². The number of para-hydroxylation sites is 2. The Morgan fingerprint density at radius 1 is 0.838 bits per heavy atom. The summed E-state index contributed by atoms with van der Waals surface area (Å²) in [6.45, 7) is 2.27. The van der Waals surface area contributed by atoms with E-state index in [1.165, 1.54) is 5.56 Å². The van der Waals surface area contributed by atoms with E-state index in [9.17, 15) is 9.59 Å². The summed E-state index contributed by atoms with van der Waals surface area (Å²) >= 11 is 0. The van der Waals surface area contributed by atoms with E-state index in [0.29, 0.717) is 12.1 Å². The van der Waals surface area contributed by atoms with Crippen molar-refractivity contribution in [1.82, 2.24) is 4.90 Å². The van der Waals surface area contributed by atoms with E-state index < -0.39 is 0 Å². The molecule has 6 rings (SSSR count). The van der Waals surface area contributed by atoms with Gasteiger partial charge in [0.25, 0.3) is 5.91 Å². The quantitative estimate of drug-likeness (QED) is 0.369. The first-order valence-corrected chi connectivity index (χ1v) is 12.9. The second-order valence-electron chi connectivity index (χ2n) is 9.74. The van der Waals surface area contributed by atoms with E-state index in [2.05, 4.69) is 16.3 Å². The normalized spacial score (nSPS) is 17.1. The molecule has 0 saturated carbocycles. The first kappa shape index (κ1) is 23.2. The molecular weight excluding hydrogens is 458 g/mol. The Morgan fingerprint density at radius 3 is 2.41 bits per heavy atom. The smallest absolute Gasteiger partial charge is 0.255 e. The van der Waals surface area contributed by atoms with Gasteiger partial charge in [-0.15, -0.1) is 0 Å². The second-order valence-corrected chi connectivity index (χ2v) is 9.74. The lowest BCUT2D eigenvalue weighted by molar-refractivity contribution is -0.122. The molecule has 1 saturated heterocycles. The number of nitrogens with zero attached hydrogens (tertiary/aromatic N) is 2. The zero-order valence-corrected chi connectivity index (χ0v) is 20.6. The minimum Gasteiger partial charge on any atom is -0.321 e. The third-order valence-electron chi connectivity index (χ3n) is 7.39. The zero-order valence-electron chi connectivity index (χ0n) is 20.6. The summed E-state index contributed by atoms with van der Waals surface area (Å²) in [5.41, 5.74) is 6.56. The Hall–Kier alpha value is -4.22. The van der Waals surface area contributed by atoms with E-state index in [1.807, 2.05) is 102 Å². The van der Waals surface area contributed by atoms with Crippen LogP contribution in [-0.4, -0.2) is 29.3 Å². The van der Waals surface area contributed by atoms with Gasteiger partial charge in [-0.2, -0.15) is 0 Å². The molecule has 0 bridgehead atoms. The molecule has 0 aromatic heterocycles. The Labute approximate surface area is 217 Å². The average molecular weight is 488 g/mol. The molecule has 2 amide bonds. The molecule has 4 aromatic carbocycles. The van der Waals surface area contributed by atoms with Crippen LogP contribution in [0.15, 0.2) is 103 Å². The van der Waals surface area contributed by atoms with E-state index in [0.717, 1.165) is 54.0 Å². The largest absolute Gasteiger partial charge is 0.321 e. The number of hydrogen-bond donors (Lipinski definition) is 1. The van der Waals surface area contributed by atoms with Gasteiger partial charge in [0.1, 0.15) is 0 Å². The van der Waals surface area contributed by atoms with Gasteiger partial charge in [-0.3, -0.25) is 14.5 Å². The number of fused-ring (bicyclic) bond motifs is 2. The number of carbonyl (C=O) groups is 2. The third kappa shape index (κ3) is 4.66. The van der Waals surface area contributed by atoms with E-state index in [1.54, 1.807) is 0 Å².